The van der Waals surface area contributed by atoms with Crippen LogP contribution in [0.15, 0.2) is 18.3 Å². The summed E-state index contributed by atoms with van der Waals surface area (Å²) in [5.74, 6) is 0. The third-order valence-corrected chi connectivity index (χ3v) is 3.49. The molecule has 0 saturated carbocycles. The zero-order chi connectivity index (χ0) is 13.0. The van der Waals surface area contributed by atoms with E-state index in [4.69, 9.17) is 18.0 Å². The minimum atomic E-state index is 0.356. The van der Waals surface area contributed by atoms with Crippen molar-refractivity contribution in [1.29, 1.82) is 0 Å². The van der Waals surface area contributed by atoms with Crippen LogP contribution in [0.5, 0.6) is 0 Å². The van der Waals surface area contributed by atoms with E-state index in [9.17, 15) is 0 Å². The van der Waals surface area contributed by atoms with Crippen molar-refractivity contribution in [2.45, 2.75) is 13.3 Å². The van der Waals surface area contributed by atoms with Crippen molar-refractivity contribution in [1.82, 2.24) is 9.88 Å². The van der Waals surface area contributed by atoms with Crippen LogP contribution in [0, 0.1) is 0 Å². The van der Waals surface area contributed by atoms with Gasteiger partial charge >= 0.3 is 0 Å². The third-order valence-electron chi connectivity index (χ3n) is 3.28. The molecule has 98 valence electrons. The van der Waals surface area contributed by atoms with Crippen LogP contribution in [0.1, 0.15) is 19.0 Å². The van der Waals surface area contributed by atoms with Crippen LogP contribution < -0.4 is 10.6 Å². The largest absolute Gasteiger partial charge is 0.388 e. The SMILES string of the molecule is CCCN1CCN(c2ccc(C(N)=S)nc2)CC1. The van der Waals surface area contributed by atoms with Gasteiger partial charge in [0.2, 0.25) is 0 Å². The van der Waals surface area contributed by atoms with Gasteiger partial charge in [-0.2, -0.15) is 0 Å². The van der Waals surface area contributed by atoms with E-state index in [0.29, 0.717) is 10.7 Å². The van der Waals surface area contributed by atoms with Crippen LogP contribution in [-0.4, -0.2) is 47.6 Å². The molecule has 1 aliphatic heterocycles. The molecule has 1 aromatic rings. The number of aromatic nitrogens is 1. The molecule has 2 N–H and O–H groups in total. The summed E-state index contributed by atoms with van der Waals surface area (Å²) in [6.07, 6.45) is 3.09. The predicted molar refractivity (Wildman–Crippen MR) is 79.1 cm³/mol. The van der Waals surface area contributed by atoms with Crippen molar-refractivity contribution in [3.63, 3.8) is 0 Å². The van der Waals surface area contributed by atoms with Crippen molar-refractivity contribution in [3.8, 4) is 0 Å². The Morgan fingerprint density at radius 2 is 2.06 bits per heavy atom. The number of nitrogens with zero attached hydrogens (tertiary/aromatic N) is 3. The summed E-state index contributed by atoms with van der Waals surface area (Å²) in [5.41, 5.74) is 7.39. The average molecular weight is 264 g/mol. The maximum absolute atomic E-state index is 5.54. The molecule has 2 heterocycles. The molecule has 5 heteroatoms. The highest BCUT2D eigenvalue weighted by atomic mass is 32.1. The zero-order valence-corrected chi connectivity index (χ0v) is 11.6. The highest BCUT2D eigenvalue weighted by molar-refractivity contribution is 7.80. The van der Waals surface area contributed by atoms with Crippen molar-refractivity contribution in [2.24, 2.45) is 5.73 Å². The molecule has 0 radical (unpaired) electrons. The van der Waals surface area contributed by atoms with Crippen LogP contribution in [0.25, 0.3) is 0 Å². The van der Waals surface area contributed by atoms with Gasteiger partial charge in [-0.1, -0.05) is 19.1 Å². The Labute approximate surface area is 114 Å². The third kappa shape index (κ3) is 3.17. The number of hydrogen-bond donors (Lipinski definition) is 1. The predicted octanol–water partition coefficient (Wildman–Crippen LogP) is 1.25. The van der Waals surface area contributed by atoms with E-state index in [0.717, 1.165) is 31.9 Å². The van der Waals surface area contributed by atoms with E-state index in [1.54, 1.807) is 0 Å². The van der Waals surface area contributed by atoms with E-state index in [2.05, 4.69) is 27.8 Å². The molecule has 0 aromatic carbocycles. The normalized spacial score (nSPS) is 16.8. The van der Waals surface area contributed by atoms with Crippen LogP contribution >= 0.6 is 12.2 Å². The monoisotopic (exact) mass is 264 g/mol. The van der Waals surface area contributed by atoms with Gasteiger partial charge in [-0.15, -0.1) is 0 Å². The van der Waals surface area contributed by atoms with Crippen LogP contribution in [0.2, 0.25) is 0 Å². The maximum atomic E-state index is 5.54. The highest BCUT2D eigenvalue weighted by Gasteiger charge is 2.16. The van der Waals surface area contributed by atoms with Gasteiger partial charge < -0.3 is 10.6 Å². The quantitative estimate of drug-likeness (QED) is 0.829. The van der Waals surface area contributed by atoms with Gasteiger partial charge in [0.1, 0.15) is 4.99 Å². The Balaban J connectivity index is 1.95. The molecule has 18 heavy (non-hydrogen) atoms. The topological polar surface area (TPSA) is 45.4 Å². The molecule has 0 aliphatic carbocycles. The van der Waals surface area contributed by atoms with Gasteiger partial charge in [0.05, 0.1) is 17.6 Å². The summed E-state index contributed by atoms with van der Waals surface area (Å²) in [6, 6.07) is 3.95. The summed E-state index contributed by atoms with van der Waals surface area (Å²) >= 11 is 4.90. The molecular weight excluding hydrogens is 244 g/mol. The lowest BCUT2D eigenvalue weighted by Crippen LogP contribution is -2.46. The number of anilines is 1. The number of rotatable bonds is 4. The first-order valence-corrected chi connectivity index (χ1v) is 6.84. The number of piperazine rings is 1. The van der Waals surface area contributed by atoms with Crippen LogP contribution in [-0.2, 0) is 0 Å². The standard InChI is InChI=1S/C13H20N4S/c1-2-5-16-6-8-17(9-7-16)11-3-4-12(13(14)18)15-10-11/h3-4,10H,2,5-9H2,1H3,(H2,14,18). The molecular formula is C13H20N4S. The van der Waals surface area contributed by atoms with Gasteiger partial charge in [-0.25, -0.2) is 0 Å². The summed E-state index contributed by atoms with van der Waals surface area (Å²) in [6.45, 7) is 7.81. The van der Waals surface area contributed by atoms with E-state index in [-0.39, 0.29) is 0 Å². The average Bonchev–Trinajstić information content (AvgIpc) is 2.40. The number of pyridine rings is 1. The van der Waals surface area contributed by atoms with E-state index in [1.807, 2.05) is 12.3 Å². The summed E-state index contributed by atoms with van der Waals surface area (Å²) in [5, 5.41) is 0. The van der Waals surface area contributed by atoms with Crippen LogP contribution in [0.4, 0.5) is 5.69 Å². The fourth-order valence-electron chi connectivity index (χ4n) is 2.26. The fourth-order valence-corrected chi connectivity index (χ4v) is 2.39. The van der Waals surface area contributed by atoms with Gasteiger partial charge in [0, 0.05) is 26.2 Å². The molecule has 0 unspecified atom stereocenters. The van der Waals surface area contributed by atoms with Gasteiger partial charge in [-0.05, 0) is 25.1 Å². The second-order valence-corrected chi connectivity index (χ2v) is 5.03. The van der Waals surface area contributed by atoms with Crippen molar-refractivity contribution >= 4 is 22.9 Å². The molecule has 4 nitrogen and oxygen atoms in total. The lowest BCUT2D eigenvalue weighted by molar-refractivity contribution is 0.258. The van der Waals surface area contributed by atoms with Gasteiger partial charge in [0.15, 0.2) is 0 Å². The molecule has 0 amide bonds. The second kappa shape index (κ2) is 6.11. The Hall–Kier alpha value is -1.20. The molecule has 0 spiro atoms. The van der Waals surface area contributed by atoms with E-state index >= 15 is 0 Å². The fraction of sp³-hybridized carbons (Fsp3) is 0.538. The summed E-state index contributed by atoms with van der Waals surface area (Å²) in [7, 11) is 0. The minimum absolute atomic E-state index is 0.356. The van der Waals surface area contributed by atoms with Crippen molar-refractivity contribution in [3.05, 3.63) is 24.0 Å². The first-order valence-electron chi connectivity index (χ1n) is 6.44. The Kier molecular flexibility index (Phi) is 4.49. The lowest BCUT2D eigenvalue weighted by Gasteiger charge is -2.35. The number of thiocarbonyl (C=S) groups is 1. The number of nitrogens with two attached hydrogens (primary N) is 1. The molecule has 2 rings (SSSR count). The highest BCUT2D eigenvalue weighted by Crippen LogP contribution is 2.15. The Morgan fingerprint density at radius 3 is 2.56 bits per heavy atom. The maximum Gasteiger partial charge on any atom is 0.122 e. The van der Waals surface area contributed by atoms with Crippen molar-refractivity contribution < 1.29 is 0 Å². The number of hydrogen-bond acceptors (Lipinski definition) is 4. The molecule has 0 atom stereocenters. The first-order chi connectivity index (χ1) is 8.70. The van der Waals surface area contributed by atoms with Crippen molar-refractivity contribution in [2.75, 3.05) is 37.6 Å². The first kappa shape index (κ1) is 13.2. The Bertz CT molecular complexity index is 396. The molecule has 1 saturated heterocycles. The molecule has 1 aromatic heterocycles. The van der Waals surface area contributed by atoms with Crippen LogP contribution in [0.3, 0.4) is 0 Å². The molecule has 1 fully saturated rings. The Morgan fingerprint density at radius 1 is 1.33 bits per heavy atom. The summed E-state index contributed by atoms with van der Waals surface area (Å²) in [4.78, 5) is 9.51. The minimum Gasteiger partial charge on any atom is -0.388 e. The van der Waals surface area contributed by atoms with E-state index in [1.165, 1.54) is 13.0 Å². The molecule has 0 bridgehead atoms. The summed E-state index contributed by atoms with van der Waals surface area (Å²) < 4.78 is 0. The van der Waals surface area contributed by atoms with Gasteiger partial charge in [0.25, 0.3) is 0 Å². The smallest absolute Gasteiger partial charge is 0.122 e. The van der Waals surface area contributed by atoms with E-state index < -0.39 is 0 Å². The van der Waals surface area contributed by atoms with Gasteiger partial charge in [-0.3, -0.25) is 9.88 Å². The lowest BCUT2D eigenvalue weighted by atomic mass is 10.2. The second-order valence-electron chi connectivity index (χ2n) is 4.59. The zero-order valence-electron chi connectivity index (χ0n) is 10.8. The molecule has 1 aliphatic rings.